The van der Waals surface area contributed by atoms with Crippen LogP contribution >= 0.6 is 0 Å². The molecular formula is C23H31N3O3. The largest absolute Gasteiger partial charge is 0.508 e. The van der Waals surface area contributed by atoms with Crippen molar-refractivity contribution in [1.82, 2.24) is 10.6 Å². The molecular weight excluding hydrogens is 366 g/mol. The number of methoxy groups -OCH3 is 2. The van der Waals surface area contributed by atoms with E-state index in [1.807, 2.05) is 25.1 Å². The molecule has 29 heavy (non-hydrogen) atoms. The molecule has 1 aliphatic carbocycles. The number of hydrogen-bond donors (Lipinski definition) is 3. The van der Waals surface area contributed by atoms with Gasteiger partial charge in [-0.25, -0.2) is 0 Å². The maximum Gasteiger partial charge on any atom is 0.191 e. The van der Waals surface area contributed by atoms with E-state index in [9.17, 15) is 5.11 Å². The summed E-state index contributed by atoms with van der Waals surface area (Å²) in [7, 11) is 5.05. The maximum atomic E-state index is 10.4. The second-order valence-electron chi connectivity index (χ2n) is 7.31. The van der Waals surface area contributed by atoms with Crippen molar-refractivity contribution in [3.05, 3.63) is 52.6 Å². The van der Waals surface area contributed by atoms with Crippen LogP contribution in [0, 0.1) is 0 Å². The van der Waals surface area contributed by atoms with E-state index in [1.165, 1.54) is 24.0 Å². The first kappa shape index (κ1) is 20.8. The molecule has 0 amide bonds. The van der Waals surface area contributed by atoms with E-state index < -0.39 is 0 Å². The summed E-state index contributed by atoms with van der Waals surface area (Å²) in [5, 5.41) is 17.2. The lowest BCUT2D eigenvalue weighted by Gasteiger charge is -2.23. The highest BCUT2D eigenvalue weighted by molar-refractivity contribution is 5.80. The number of rotatable bonds is 6. The number of phenolic OH excluding ortho intramolecular Hbond substituents is 1. The summed E-state index contributed by atoms with van der Waals surface area (Å²) in [6.07, 6.45) is 4.49. The van der Waals surface area contributed by atoms with Crippen molar-refractivity contribution in [3.63, 3.8) is 0 Å². The number of benzene rings is 2. The summed E-state index contributed by atoms with van der Waals surface area (Å²) in [4.78, 5) is 4.35. The van der Waals surface area contributed by atoms with Crippen molar-refractivity contribution in [2.24, 2.45) is 4.99 Å². The molecule has 6 nitrogen and oxygen atoms in total. The van der Waals surface area contributed by atoms with E-state index in [0.29, 0.717) is 18.3 Å². The second-order valence-corrected chi connectivity index (χ2v) is 7.31. The molecule has 156 valence electrons. The number of ether oxygens (including phenoxy) is 2. The number of aryl methyl sites for hydroxylation is 1. The summed E-state index contributed by atoms with van der Waals surface area (Å²) in [5.41, 5.74) is 4.58. The molecule has 1 atom stereocenters. The van der Waals surface area contributed by atoms with Gasteiger partial charge in [-0.15, -0.1) is 0 Å². The Morgan fingerprint density at radius 2 is 1.93 bits per heavy atom. The Kier molecular flexibility index (Phi) is 6.86. The number of fused-ring (bicyclic) bond motifs is 1. The molecule has 1 aliphatic rings. The number of nitrogens with zero attached hydrogens (tertiary/aromatic N) is 1. The summed E-state index contributed by atoms with van der Waals surface area (Å²) < 4.78 is 10.8. The van der Waals surface area contributed by atoms with E-state index >= 15 is 0 Å². The van der Waals surface area contributed by atoms with E-state index in [-0.39, 0.29) is 6.04 Å². The Balaban J connectivity index is 1.72. The van der Waals surface area contributed by atoms with Gasteiger partial charge in [-0.1, -0.05) is 6.07 Å². The second kappa shape index (κ2) is 9.54. The van der Waals surface area contributed by atoms with E-state index in [0.717, 1.165) is 35.5 Å². The summed E-state index contributed by atoms with van der Waals surface area (Å²) in [6.45, 7) is 2.57. The van der Waals surface area contributed by atoms with Crippen molar-refractivity contribution in [3.8, 4) is 17.2 Å². The molecule has 3 N–H and O–H groups in total. The van der Waals surface area contributed by atoms with Crippen molar-refractivity contribution < 1.29 is 14.6 Å². The quantitative estimate of drug-likeness (QED) is 0.512. The lowest BCUT2D eigenvalue weighted by atomic mass is 9.88. The van der Waals surface area contributed by atoms with Crippen LogP contribution in [0.4, 0.5) is 0 Å². The third-order valence-electron chi connectivity index (χ3n) is 5.54. The first-order chi connectivity index (χ1) is 14.1. The monoisotopic (exact) mass is 397 g/mol. The van der Waals surface area contributed by atoms with Gasteiger partial charge in [0.15, 0.2) is 5.96 Å². The van der Waals surface area contributed by atoms with Gasteiger partial charge in [0.25, 0.3) is 0 Å². The van der Waals surface area contributed by atoms with Crippen molar-refractivity contribution in [1.29, 1.82) is 0 Å². The molecule has 0 spiro atoms. The number of nitrogens with one attached hydrogen (secondary N) is 2. The number of guanidine groups is 1. The van der Waals surface area contributed by atoms with Gasteiger partial charge >= 0.3 is 0 Å². The van der Waals surface area contributed by atoms with Crippen LogP contribution in [0.2, 0.25) is 0 Å². The van der Waals surface area contributed by atoms with Gasteiger partial charge < -0.3 is 25.2 Å². The minimum absolute atomic E-state index is 0.0514. The Morgan fingerprint density at radius 3 is 2.66 bits per heavy atom. The molecule has 0 saturated heterocycles. The lowest BCUT2D eigenvalue weighted by Crippen LogP contribution is -2.38. The van der Waals surface area contributed by atoms with Gasteiger partial charge in [0.05, 0.1) is 20.3 Å². The van der Waals surface area contributed by atoms with Gasteiger partial charge in [-0.3, -0.25) is 4.99 Å². The Labute approximate surface area is 173 Å². The van der Waals surface area contributed by atoms with E-state index in [4.69, 9.17) is 9.47 Å². The predicted molar refractivity (Wildman–Crippen MR) is 116 cm³/mol. The smallest absolute Gasteiger partial charge is 0.191 e. The molecule has 2 aromatic carbocycles. The van der Waals surface area contributed by atoms with Crippen molar-refractivity contribution >= 4 is 5.96 Å². The zero-order valence-electron chi connectivity index (χ0n) is 17.7. The molecule has 0 fully saturated rings. The maximum absolute atomic E-state index is 10.4. The molecule has 0 heterocycles. The van der Waals surface area contributed by atoms with Crippen LogP contribution in [-0.2, 0) is 19.4 Å². The van der Waals surface area contributed by atoms with E-state index in [1.54, 1.807) is 27.3 Å². The highest BCUT2D eigenvalue weighted by atomic mass is 16.5. The van der Waals surface area contributed by atoms with Crippen LogP contribution in [0.25, 0.3) is 0 Å². The first-order valence-corrected chi connectivity index (χ1v) is 10.1. The summed E-state index contributed by atoms with van der Waals surface area (Å²) in [6, 6.07) is 9.55. The van der Waals surface area contributed by atoms with Crippen molar-refractivity contribution in [2.45, 2.75) is 45.2 Å². The average molecular weight is 398 g/mol. The zero-order chi connectivity index (χ0) is 20.8. The van der Waals surface area contributed by atoms with Crippen LogP contribution in [0.15, 0.2) is 35.3 Å². The van der Waals surface area contributed by atoms with Gasteiger partial charge in [0.2, 0.25) is 0 Å². The highest BCUT2D eigenvalue weighted by Crippen LogP contribution is 2.31. The molecule has 0 aliphatic heterocycles. The van der Waals surface area contributed by atoms with Gasteiger partial charge in [0, 0.05) is 24.7 Å². The van der Waals surface area contributed by atoms with Gasteiger partial charge in [0.1, 0.15) is 17.2 Å². The molecule has 3 rings (SSSR count). The molecule has 0 saturated carbocycles. The molecule has 0 radical (unpaired) electrons. The number of hydrogen-bond acceptors (Lipinski definition) is 4. The Bertz CT molecular complexity index is 880. The number of aromatic hydroxyl groups is 1. The molecule has 0 aromatic heterocycles. The molecule has 0 bridgehead atoms. The van der Waals surface area contributed by atoms with Gasteiger partial charge in [-0.2, -0.15) is 0 Å². The number of phenols is 1. The standard InChI is InChI=1S/C23H31N3O3/c1-15(19-13-17(28-3)10-12-22(19)29-4)26-23(24-2)25-14-20-18-8-6-5-7-16(18)9-11-21(20)27/h9-13,15,27H,5-8,14H2,1-4H3,(H2,24,25,26). The van der Waals surface area contributed by atoms with Crippen molar-refractivity contribution in [2.75, 3.05) is 21.3 Å². The Hall–Kier alpha value is -2.89. The fraction of sp³-hybridized carbons (Fsp3) is 0.435. The third kappa shape index (κ3) is 4.75. The summed E-state index contributed by atoms with van der Waals surface area (Å²) >= 11 is 0. The zero-order valence-corrected chi connectivity index (χ0v) is 17.7. The van der Waals surface area contributed by atoms with Gasteiger partial charge in [-0.05, 0) is 68.0 Å². The highest BCUT2D eigenvalue weighted by Gasteiger charge is 2.18. The lowest BCUT2D eigenvalue weighted by molar-refractivity contribution is 0.394. The van der Waals surface area contributed by atoms with Crippen LogP contribution in [-0.4, -0.2) is 32.3 Å². The summed E-state index contributed by atoms with van der Waals surface area (Å²) in [5.74, 6) is 2.57. The van der Waals surface area contributed by atoms with Crippen LogP contribution in [0.3, 0.4) is 0 Å². The first-order valence-electron chi connectivity index (χ1n) is 10.1. The van der Waals surface area contributed by atoms with Crippen LogP contribution < -0.4 is 20.1 Å². The Morgan fingerprint density at radius 1 is 1.14 bits per heavy atom. The minimum atomic E-state index is -0.0514. The van der Waals surface area contributed by atoms with E-state index in [2.05, 4.69) is 21.7 Å². The predicted octanol–water partition coefficient (Wildman–Crippen LogP) is 3.71. The minimum Gasteiger partial charge on any atom is -0.508 e. The van der Waals surface area contributed by atoms with Crippen LogP contribution in [0.1, 0.15) is 48.1 Å². The SMILES string of the molecule is CN=C(NCc1c(O)ccc2c1CCCC2)NC(C)c1cc(OC)ccc1OC. The normalized spacial score (nSPS) is 14.7. The topological polar surface area (TPSA) is 75.1 Å². The van der Waals surface area contributed by atoms with Crippen LogP contribution in [0.5, 0.6) is 17.2 Å². The number of aliphatic imine (C=N–C) groups is 1. The fourth-order valence-electron chi connectivity index (χ4n) is 3.92. The fourth-order valence-corrected chi connectivity index (χ4v) is 3.92. The third-order valence-corrected chi connectivity index (χ3v) is 5.54. The molecule has 6 heteroatoms. The molecule has 2 aromatic rings. The average Bonchev–Trinajstić information content (AvgIpc) is 2.76. The molecule has 1 unspecified atom stereocenters.